The number of aliphatic hydroxyl groups excluding tert-OH is 1. The SMILES string of the molecule is CC1(C)CC(CC(=O)N2C[C@H](O)C[C@H]2C(=O)O)CC(C)(C)N1.O=CO. The molecule has 2 atom stereocenters. The Morgan fingerprint density at radius 2 is 1.68 bits per heavy atom. The Morgan fingerprint density at radius 1 is 1.20 bits per heavy atom. The molecule has 2 heterocycles. The summed E-state index contributed by atoms with van der Waals surface area (Å²) >= 11 is 0. The first-order chi connectivity index (χ1) is 11.4. The molecule has 0 aromatic rings. The summed E-state index contributed by atoms with van der Waals surface area (Å²) in [5, 5.41) is 29.3. The fourth-order valence-electron chi connectivity index (χ4n) is 4.37. The smallest absolute Gasteiger partial charge is 0.326 e. The number of carboxylic acid groups (broad SMARTS) is 2. The van der Waals surface area contributed by atoms with Crippen molar-refractivity contribution in [3.05, 3.63) is 0 Å². The maximum atomic E-state index is 12.5. The van der Waals surface area contributed by atoms with Gasteiger partial charge in [0, 0.05) is 30.5 Å². The van der Waals surface area contributed by atoms with Crippen molar-refractivity contribution in [2.24, 2.45) is 5.92 Å². The summed E-state index contributed by atoms with van der Waals surface area (Å²) in [6.07, 6.45) is 1.52. The first-order valence-corrected chi connectivity index (χ1v) is 8.48. The van der Waals surface area contributed by atoms with Crippen LogP contribution in [-0.2, 0) is 14.4 Å². The lowest BCUT2D eigenvalue weighted by molar-refractivity contribution is -0.148. The Labute approximate surface area is 148 Å². The van der Waals surface area contributed by atoms with Crippen LogP contribution in [-0.4, -0.2) is 68.3 Å². The summed E-state index contributed by atoms with van der Waals surface area (Å²) in [5.41, 5.74) is -0.0765. The minimum absolute atomic E-state index is 0.0383. The van der Waals surface area contributed by atoms with Crippen molar-refractivity contribution in [2.45, 2.75) is 76.6 Å². The fourth-order valence-corrected chi connectivity index (χ4v) is 4.37. The number of nitrogens with one attached hydrogen (secondary N) is 1. The summed E-state index contributed by atoms with van der Waals surface area (Å²) in [6.45, 7) is 8.40. The van der Waals surface area contributed by atoms with Crippen LogP contribution in [0.4, 0.5) is 0 Å². The number of aliphatic hydroxyl groups is 1. The molecule has 2 aliphatic rings. The van der Waals surface area contributed by atoms with E-state index in [1.54, 1.807) is 0 Å². The van der Waals surface area contributed by atoms with Gasteiger partial charge < -0.3 is 25.5 Å². The largest absolute Gasteiger partial charge is 0.483 e. The van der Waals surface area contributed by atoms with Crippen LogP contribution in [0.25, 0.3) is 0 Å². The summed E-state index contributed by atoms with van der Waals surface area (Å²) in [4.78, 5) is 33.5. The number of amides is 1. The molecule has 2 saturated heterocycles. The molecule has 0 aromatic carbocycles. The minimum Gasteiger partial charge on any atom is -0.483 e. The lowest BCUT2D eigenvalue weighted by atomic mass is 9.74. The van der Waals surface area contributed by atoms with Crippen LogP contribution >= 0.6 is 0 Å². The van der Waals surface area contributed by atoms with Crippen molar-refractivity contribution >= 4 is 18.3 Å². The van der Waals surface area contributed by atoms with Gasteiger partial charge in [0.2, 0.25) is 5.91 Å². The second kappa shape index (κ2) is 8.14. The van der Waals surface area contributed by atoms with Gasteiger partial charge in [0.25, 0.3) is 6.47 Å². The van der Waals surface area contributed by atoms with Crippen molar-refractivity contribution in [3.8, 4) is 0 Å². The molecule has 8 heteroatoms. The number of aliphatic carboxylic acids is 1. The number of piperidine rings is 1. The second-order valence-corrected chi connectivity index (χ2v) is 8.27. The Kier molecular flexibility index (Phi) is 6.96. The molecule has 2 rings (SSSR count). The average molecular weight is 358 g/mol. The van der Waals surface area contributed by atoms with E-state index in [4.69, 9.17) is 9.90 Å². The second-order valence-electron chi connectivity index (χ2n) is 8.27. The van der Waals surface area contributed by atoms with Gasteiger partial charge in [-0.15, -0.1) is 0 Å². The Balaban J connectivity index is 0.000000970. The minimum atomic E-state index is -1.03. The van der Waals surface area contributed by atoms with Gasteiger partial charge >= 0.3 is 5.97 Å². The molecule has 0 aromatic heterocycles. The third kappa shape index (κ3) is 6.28. The van der Waals surface area contributed by atoms with Gasteiger partial charge in [-0.05, 0) is 46.5 Å². The van der Waals surface area contributed by atoms with Gasteiger partial charge in [0.05, 0.1) is 6.10 Å². The van der Waals surface area contributed by atoms with E-state index in [1.165, 1.54) is 4.90 Å². The lowest BCUT2D eigenvalue weighted by Gasteiger charge is -2.46. The van der Waals surface area contributed by atoms with Crippen molar-refractivity contribution in [1.29, 1.82) is 0 Å². The van der Waals surface area contributed by atoms with Crippen LogP contribution in [0.15, 0.2) is 0 Å². The van der Waals surface area contributed by atoms with Gasteiger partial charge in [-0.1, -0.05) is 0 Å². The average Bonchev–Trinajstić information content (AvgIpc) is 2.78. The zero-order chi connectivity index (χ0) is 19.4. The number of carbonyl (C=O) groups is 3. The van der Waals surface area contributed by atoms with Crippen molar-refractivity contribution in [3.63, 3.8) is 0 Å². The number of nitrogens with zero attached hydrogens (tertiary/aromatic N) is 1. The zero-order valence-electron chi connectivity index (χ0n) is 15.4. The summed E-state index contributed by atoms with van der Waals surface area (Å²) < 4.78 is 0. The molecular weight excluding hydrogens is 328 g/mol. The number of rotatable bonds is 3. The van der Waals surface area contributed by atoms with Crippen LogP contribution in [0.1, 0.15) is 53.4 Å². The molecule has 0 spiro atoms. The van der Waals surface area contributed by atoms with E-state index in [-0.39, 0.29) is 42.3 Å². The maximum absolute atomic E-state index is 12.5. The third-order valence-electron chi connectivity index (χ3n) is 4.62. The molecule has 0 unspecified atom stereocenters. The molecule has 0 bridgehead atoms. The molecule has 25 heavy (non-hydrogen) atoms. The molecule has 2 aliphatic heterocycles. The first kappa shape index (κ1) is 21.4. The monoisotopic (exact) mass is 358 g/mol. The van der Waals surface area contributed by atoms with E-state index < -0.39 is 18.1 Å². The van der Waals surface area contributed by atoms with Crippen molar-refractivity contribution in [2.75, 3.05) is 6.54 Å². The molecule has 0 saturated carbocycles. The van der Waals surface area contributed by atoms with Gasteiger partial charge in [-0.2, -0.15) is 0 Å². The molecule has 0 aliphatic carbocycles. The first-order valence-electron chi connectivity index (χ1n) is 8.48. The lowest BCUT2D eigenvalue weighted by Crippen LogP contribution is -2.58. The van der Waals surface area contributed by atoms with Crippen LogP contribution < -0.4 is 5.32 Å². The van der Waals surface area contributed by atoms with Crippen molar-refractivity contribution < 1.29 is 29.7 Å². The van der Waals surface area contributed by atoms with E-state index >= 15 is 0 Å². The number of carbonyl (C=O) groups excluding carboxylic acids is 1. The third-order valence-corrected chi connectivity index (χ3v) is 4.62. The van der Waals surface area contributed by atoms with Gasteiger partial charge in [-0.3, -0.25) is 9.59 Å². The number of hydrogen-bond donors (Lipinski definition) is 4. The topological polar surface area (TPSA) is 127 Å². The van der Waals surface area contributed by atoms with Crippen LogP contribution in [0.2, 0.25) is 0 Å². The highest BCUT2D eigenvalue weighted by atomic mass is 16.4. The van der Waals surface area contributed by atoms with Crippen molar-refractivity contribution in [1.82, 2.24) is 10.2 Å². The van der Waals surface area contributed by atoms with Crippen LogP contribution in [0.5, 0.6) is 0 Å². The van der Waals surface area contributed by atoms with Crippen LogP contribution in [0, 0.1) is 5.92 Å². The Morgan fingerprint density at radius 3 is 2.12 bits per heavy atom. The highest BCUT2D eigenvalue weighted by molar-refractivity contribution is 5.84. The summed E-state index contributed by atoms with van der Waals surface area (Å²) in [5.74, 6) is -0.954. The predicted octanol–water partition coefficient (Wildman–Crippen LogP) is 0.681. The number of hydrogen-bond acceptors (Lipinski definition) is 5. The molecule has 2 fully saturated rings. The zero-order valence-corrected chi connectivity index (χ0v) is 15.4. The van der Waals surface area contributed by atoms with E-state index in [9.17, 15) is 19.8 Å². The Bertz CT molecular complexity index is 489. The van der Waals surface area contributed by atoms with E-state index in [0.717, 1.165) is 12.8 Å². The Hall–Kier alpha value is -1.67. The van der Waals surface area contributed by atoms with Crippen LogP contribution in [0.3, 0.4) is 0 Å². The highest BCUT2D eigenvalue weighted by Crippen LogP contribution is 2.35. The molecule has 8 nitrogen and oxygen atoms in total. The van der Waals surface area contributed by atoms with Gasteiger partial charge in [-0.25, -0.2) is 4.79 Å². The highest BCUT2D eigenvalue weighted by Gasteiger charge is 2.42. The van der Waals surface area contributed by atoms with E-state index in [1.807, 2.05) is 0 Å². The summed E-state index contributed by atoms with van der Waals surface area (Å²) in [6, 6.07) is -0.884. The number of carboxylic acids is 1. The molecule has 4 N–H and O–H groups in total. The number of β-amino-alcohol motifs (C(OH)–C–C–N with tert-alkyl or cyclic N) is 1. The summed E-state index contributed by atoms with van der Waals surface area (Å²) in [7, 11) is 0. The van der Waals surface area contributed by atoms with E-state index in [2.05, 4.69) is 33.0 Å². The standard InChI is InChI=1S/C16H28N2O4.CH2O2/c1-15(2)7-10(8-16(3,4)17-15)5-13(20)18-9-11(19)6-12(18)14(21)22;2-1-3/h10-12,17,19H,5-9H2,1-4H3,(H,21,22);1H,(H,2,3)/t11-,12+;/m1./s1. The maximum Gasteiger partial charge on any atom is 0.326 e. The van der Waals surface area contributed by atoms with E-state index in [0.29, 0.717) is 6.42 Å². The fraction of sp³-hybridized carbons (Fsp3) is 0.824. The molecular formula is C17H30N2O6. The quantitative estimate of drug-likeness (QED) is 0.546. The van der Waals surface area contributed by atoms with Gasteiger partial charge in [0.15, 0.2) is 0 Å². The normalized spacial score (nSPS) is 28.0. The van der Waals surface area contributed by atoms with Gasteiger partial charge in [0.1, 0.15) is 6.04 Å². The molecule has 0 radical (unpaired) electrons. The molecule has 1 amide bonds. The molecule has 144 valence electrons. The predicted molar refractivity (Wildman–Crippen MR) is 91.1 cm³/mol. The number of likely N-dealkylation sites (tertiary alicyclic amines) is 1.